The Morgan fingerprint density at radius 2 is 1.57 bits per heavy atom. The van der Waals surface area contributed by atoms with Crippen molar-refractivity contribution in [2.45, 2.75) is 55.9 Å². The van der Waals surface area contributed by atoms with Crippen molar-refractivity contribution in [1.29, 1.82) is 0 Å². The van der Waals surface area contributed by atoms with Crippen molar-refractivity contribution in [3.05, 3.63) is 59.9 Å². The SMILES string of the molecule is CC(C)NS(=O)(=O)c1ccc(NC(=O)C2(c3ccc(F)cc3)CCCC2)cc1. The first-order valence-electron chi connectivity index (χ1n) is 9.43. The number of carbonyl (C=O) groups is 1. The molecule has 0 atom stereocenters. The van der Waals surface area contributed by atoms with Gasteiger partial charge in [-0.3, -0.25) is 4.79 Å². The maximum Gasteiger partial charge on any atom is 0.240 e. The average molecular weight is 405 g/mol. The van der Waals surface area contributed by atoms with E-state index in [0.29, 0.717) is 18.5 Å². The van der Waals surface area contributed by atoms with Crippen LogP contribution in [0.25, 0.3) is 0 Å². The summed E-state index contributed by atoms with van der Waals surface area (Å²) in [5.41, 5.74) is 0.656. The highest BCUT2D eigenvalue weighted by Gasteiger charge is 2.42. The molecule has 28 heavy (non-hydrogen) atoms. The minimum atomic E-state index is -3.58. The molecule has 0 bridgehead atoms. The number of sulfonamides is 1. The van der Waals surface area contributed by atoms with E-state index in [-0.39, 0.29) is 22.7 Å². The Morgan fingerprint density at radius 3 is 2.11 bits per heavy atom. The summed E-state index contributed by atoms with van der Waals surface area (Å²) in [6.07, 6.45) is 3.27. The van der Waals surface area contributed by atoms with Crippen LogP contribution in [-0.4, -0.2) is 20.4 Å². The number of anilines is 1. The summed E-state index contributed by atoms with van der Waals surface area (Å²) in [5.74, 6) is -0.475. The largest absolute Gasteiger partial charge is 0.325 e. The van der Waals surface area contributed by atoms with Crippen LogP contribution in [-0.2, 0) is 20.2 Å². The van der Waals surface area contributed by atoms with Gasteiger partial charge in [0.2, 0.25) is 15.9 Å². The molecule has 2 aromatic rings. The van der Waals surface area contributed by atoms with E-state index >= 15 is 0 Å². The topological polar surface area (TPSA) is 75.3 Å². The van der Waals surface area contributed by atoms with Gasteiger partial charge in [-0.2, -0.15) is 0 Å². The van der Waals surface area contributed by atoms with Crippen molar-refractivity contribution in [3.8, 4) is 0 Å². The molecule has 1 saturated carbocycles. The zero-order chi connectivity index (χ0) is 20.4. The maximum absolute atomic E-state index is 13.3. The Kier molecular flexibility index (Phi) is 5.86. The highest BCUT2D eigenvalue weighted by Crippen LogP contribution is 2.42. The summed E-state index contributed by atoms with van der Waals surface area (Å²) in [6, 6.07) is 12.0. The van der Waals surface area contributed by atoms with Gasteiger partial charge in [-0.25, -0.2) is 17.5 Å². The third-order valence-electron chi connectivity index (χ3n) is 5.10. The Morgan fingerprint density at radius 1 is 1.00 bits per heavy atom. The molecule has 7 heteroatoms. The number of rotatable bonds is 6. The van der Waals surface area contributed by atoms with Gasteiger partial charge in [0.1, 0.15) is 5.82 Å². The van der Waals surface area contributed by atoms with Gasteiger partial charge in [-0.15, -0.1) is 0 Å². The van der Waals surface area contributed by atoms with Crippen LogP contribution in [0.15, 0.2) is 53.4 Å². The maximum atomic E-state index is 13.3. The molecule has 0 spiro atoms. The summed E-state index contributed by atoms with van der Waals surface area (Å²) >= 11 is 0. The number of carbonyl (C=O) groups excluding carboxylic acids is 1. The molecule has 0 saturated heterocycles. The van der Waals surface area contributed by atoms with Crippen LogP contribution in [0, 0.1) is 5.82 Å². The van der Waals surface area contributed by atoms with Crippen LogP contribution in [0.3, 0.4) is 0 Å². The van der Waals surface area contributed by atoms with Gasteiger partial charge in [0.15, 0.2) is 0 Å². The minimum Gasteiger partial charge on any atom is -0.325 e. The van der Waals surface area contributed by atoms with Crippen LogP contribution in [0.4, 0.5) is 10.1 Å². The zero-order valence-electron chi connectivity index (χ0n) is 16.0. The van der Waals surface area contributed by atoms with Crippen molar-refractivity contribution in [2.75, 3.05) is 5.32 Å². The molecule has 1 aliphatic carbocycles. The second-order valence-corrected chi connectivity index (χ2v) is 9.26. The van der Waals surface area contributed by atoms with Gasteiger partial charge in [0, 0.05) is 11.7 Å². The van der Waals surface area contributed by atoms with Crippen LogP contribution in [0.1, 0.15) is 45.1 Å². The Hall–Kier alpha value is -2.25. The predicted octanol–water partition coefficient (Wildman–Crippen LogP) is 3.96. The van der Waals surface area contributed by atoms with E-state index in [0.717, 1.165) is 18.4 Å². The van der Waals surface area contributed by atoms with Gasteiger partial charge < -0.3 is 5.32 Å². The Bertz CT molecular complexity index is 933. The molecule has 2 N–H and O–H groups in total. The molecule has 1 fully saturated rings. The lowest BCUT2D eigenvalue weighted by Gasteiger charge is -2.28. The first kappa shape index (κ1) is 20.5. The first-order valence-corrected chi connectivity index (χ1v) is 10.9. The second kappa shape index (κ2) is 8.01. The fourth-order valence-corrected chi connectivity index (χ4v) is 4.99. The number of nitrogens with one attached hydrogen (secondary N) is 2. The molecule has 0 aliphatic heterocycles. The molecule has 0 unspecified atom stereocenters. The average Bonchev–Trinajstić information content (AvgIpc) is 3.13. The van der Waals surface area contributed by atoms with E-state index in [4.69, 9.17) is 0 Å². The number of hydrogen-bond donors (Lipinski definition) is 2. The second-order valence-electron chi connectivity index (χ2n) is 7.55. The number of benzene rings is 2. The van der Waals surface area contributed by atoms with Crippen LogP contribution >= 0.6 is 0 Å². The summed E-state index contributed by atoms with van der Waals surface area (Å²) in [6.45, 7) is 3.51. The normalized spacial score (nSPS) is 16.3. The van der Waals surface area contributed by atoms with Gasteiger partial charge in [0.05, 0.1) is 10.3 Å². The summed E-state index contributed by atoms with van der Waals surface area (Å²) in [7, 11) is -3.58. The molecule has 1 amide bonds. The lowest BCUT2D eigenvalue weighted by atomic mass is 9.78. The molecule has 5 nitrogen and oxygen atoms in total. The monoisotopic (exact) mass is 404 g/mol. The Balaban J connectivity index is 1.80. The molecular weight excluding hydrogens is 379 g/mol. The highest BCUT2D eigenvalue weighted by molar-refractivity contribution is 7.89. The van der Waals surface area contributed by atoms with E-state index in [1.54, 1.807) is 38.1 Å². The van der Waals surface area contributed by atoms with Crippen molar-refractivity contribution < 1.29 is 17.6 Å². The van der Waals surface area contributed by atoms with Gasteiger partial charge >= 0.3 is 0 Å². The van der Waals surface area contributed by atoms with E-state index in [1.807, 2.05) is 0 Å². The lowest BCUT2D eigenvalue weighted by molar-refractivity contribution is -0.121. The summed E-state index contributed by atoms with van der Waals surface area (Å²) in [5, 5.41) is 2.91. The first-order chi connectivity index (χ1) is 13.2. The van der Waals surface area contributed by atoms with Crippen molar-refractivity contribution in [3.63, 3.8) is 0 Å². The third-order valence-corrected chi connectivity index (χ3v) is 6.78. The van der Waals surface area contributed by atoms with Gasteiger partial charge in [0.25, 0.3) is 0 Å². The van der Waals surface area contributed by atoms with Crippen LogP contribution < -0.4 is 10.0 Å². The van der Waals surface area contributed by atoms with Crippen molar-refractivity contribution >= 4 is 21.6 Å². The third kappa shape index (κ3) is 4.25. The molecule has 0 radical (unpaired) electrons. The molecule has 2 aromatic carbocycles. The van der Waals surface area contributed by atoms with Crippen molar-refractivity contribution in [2.24, 2.45) is 0 Å². The molecule has 0 heterocycles. The van der Waals surface area contributed by atoms with Gasteiger partial charge in [-0.1, -0.05) is 25.0 Å². The molecule has 0 aromatic heterocycles. The molecule has 150 valence electrons. The van der Waals surface area contributed by atoms with E-state index < -0.39 is 15.4 Å². The fraction of sp³-hybridized carbons (Fsp3) is 0.381. The van der Waals surface area contributed by atoms with Gasteiger partial charge in [-0.05, 0) is 68.7 Å². The standard InChI is InChI=1S/C21H25FN2O3S/c1-15(2)24-28(26,27)19-11-9-18(10-12-19)23-20(25)21(13-3-4-14-21)16-5-7-17(22)8-6-16/h5-12,15,24H,3-4,13-14H2,1-2H3,(H,23,25). The van der Waals surface area contributed by atoms with E-state index in [1.165, 1.54) is 24.3 Å². The number of amides is 1. The minimum absolute atomic E-state index is 0.146. The number of halogens is 1. The molecule has 3 rings (SSSR count). The number of hydrogen-bond acceptors (Lipinski definition) is 3. The van der Waals surface area contributed by atoms with Crippen LogP contribution in [0.2, 0.25) is 0 Å². The fourth-order valence-electron chi connectivity index (χ4n) is 3.74. The van der Waals surface area contributed by atoms with Crippen LogP contribution in [0.5, 0.6) is 0 Å². The highest BCUT2D eigenvalue weighted by atomic mass is 32.2. The van der Waals surface area contributed by atoms with E-state index in [9.17, 15) is 17.6 Å². The van der Waals surface area contributed by atoms with E-state index in [2.05, 4.69) is 10.0 Å². The predicted molar refractivity (Wildman–Crippen MR) is 107 cm³/mol. The molecule has 1 aliphatic rings. The zero-order valence-corrected chi connectivity index (χ0v) is 16.9. The summed E-state index contributed by atoms with van der Waals surface area (Å²) in [4.78, 5) is 13.3. The van der Waals surface area contributed by atoms with Crippen molar-refractivity contribution in [1.82, 2.24) is 4.72 Å². The lowest BCUT2D eigenvalue weighted by Crippen LogP contribution is -2.38. The molecular formula is C21H25FN2O3S. The smallest absolute Gasteiger partial charge is 0.240 e. The summed E-state index contributed by atoms with van der Waals surface area (Å²) < 4.78 is 40.3. The Labute approximate surface area is 165 Å². The quantitative estimate of drug-likeness (QED) is 0.765.